The molecule has 1 fully saturated rings. The van der Waals surface area contributed by atoms with Crippen LogP contribution < -0.4 is 27.4 Å². The van der Waals surface area contributed by atoms with Crippen molar-refractivity contribution < 1.29 is 34.2 Å². The van der Waals surface area contributed by atoms with Crippen LogP contribution in [0.3, 0.4) is 0 Å². The molecule has 2 amide bonds. The third-order valence-corrected chi connectivity index (χ3v) is 9.39. The molecule has 0 saturated carbocycles. The minimum absolute atomic E-state index is 0.0196. The monoisotopic (exact) mass is 659 g/mol. The summed E-state index contributed by atoms with van der Waals surface area (Å²) in [6.07, 6.45) is 1.01. The number of thiazole rings is 1. The molecule has 1 saturated heterocycles. The number of aliphatic imine (C=N–C) groups is 1. The zero-order valence-electron chi connectivity index (χ0n) is 22.5. The number of nitrogens with one attached hydrogen (secondary N) is 1. The van der Waals surface area contributed by atoms with Gasteiger partial charge in [-0.3, -0.25) is 14.5 Å². The van der Waals surface area contributed by atoms with Crippen LogP contribution in [0.2, 0.25) is 0 Å². The standard InChI is InChI=1S/C25H25N9O7S3/c26-14-6-15(27)33(12-4-2-1-3-5-12)25(30-14)44-9-11-8-42-22-18(21(38)34(22)19(11)23(39)40)31-20(37)17(32-41-7-16(35)36)13-10-43-24(28)29-13/h1-6,10,15,18,22H,7-9,26-27H2,(H2,28,29)(H,31,37)(H,35,36)(H,39,40)/b32-17-/t15?,18?,22-/m0/s1. The number of carboxylic acid groups (broad SMARTS) is 2. The number of amides is 2. The van der Waals surface area contributed by atoms with Gasteiger partial charge in [-0.15, -0.1) is 23.1 Å². The number of oxime groups is 1. The molecule has 16 nitrogen and oxygen atoms in total. The molecule has 9 N–H and O–H groups in total. The van der Waals surface area contributed by atoms with Gasteiger partial charge < -0.3 is 42.5 Å². The Labute approximate surface area is 261 Å². The van der Waals surface area contributed by atoms with Crippen molar-refractivity contribution in [1.29, 1.82) is 0 Å². The molecule has 3 aliphatic rings. The Balaban J connectivity index is 1.32. The first kappa shape index (κ1) is 30.9. The highest BCUT2D eigenvalue weighted by molar-refractivity contribution is 8.14. The molecule has 0 spiro atoms. The molecule has 44 heavy (non-hydrogen) atoms. The number of nitrogens with two attached hydrogens (primary N) is 3. The molecule has 5 rings (SSSR count). The number of carboxylic acids is 2. The van der Waals surface area contributed by atoms with Gasteiger partial charge in [-0.2, -0.15) is 0 Å². The van der Waals surface area contributed by atoms with E-state index < -0.39 is 47.9 Å². The van der Waals surface area contributed by atoms with E-state index in [9.17, 15) is 24.3 Å². The molecule has 2 aromatic rings. The van der Waals surface area contributed by atoms with Gasteiger partial charge in [0.15, 0.2) is 16.0 Å². The van der Waals surface area contributed by atoms with Crippen LogP contribution in [0.15, 0.2) is 69.0 Å². The average molecular weight is 660 g/mol. The SMILES string of the molecule is NC1=CC(N)N(c2ccccc2)C(SCC2=C(C(=O)O)N3C(=O)C(NC(=O)/C(=N\OCC(=O)O)c4csc(N)n4)[C@@H]3SC2)=N1. The van der Waals surface area contributed by atoms with Crippen molar-refractivity contribution in [3.63, 3.8) is 0 Å². The van der Waals surface area contributed by atoms with E-state index in [1.807, 2.05) is 30.3 Å². The molecule has 1 aromatic heterocycles. The first-order chi connectivity index (χ1) is 21.0. The number of benzene rings is 1. The molecular formula is C25H25N9O7S3. The number of aromatic nitrogens is 1. The fourth-order valence-corrected chi connectivity index (χ4v) is 7.56. The van der Waals surface area contributed by atoms with Crippen molar-refractivity contribution >= 4 is 80.3 Å². The number of hydrogen-bond acceptors (Lipinski definition) is 15. The van der Waals surface area contributed by atoms with Gasteiger partial charge in [0.2, 0.25) is 6.61 Å². The van der Waals surface area contributed by atoms with E-state index in [1.54, 1.807) is 11.0 Å². The molecule has 230 valence electrons. The number of thioether (sulfide) groups is 2. The number of nitrogen functional groups attached to an aromatic ring is 1. The minimum atomic E-state index is -1.32. The van der Waals surface area contributed by atoms with E-state index in [4.69, 9.17) is 27.1 Å². The Hall–Kier alpha value is -4.59. The number of amidine groups is 1. The average Bonchev–Trinajstić information content (AvgIpc) is 3.41. The highest BCUT2D eigenvalue weighted by atomic mass is 32.2. The van der Waals surface area contributed by atoms with Gasteiger partial charge in [-0.25, -0.2) is 19.6 Å². The van der Waals surface area contributed by atoms with Gasteiger partial charge in [0.05, 0.1) is 0 Å². The molecule has 4 heterocycles. The smallest absolute Gasteiger partial charge is 0.352 e. The van der Waals surface area contributed by atoms with Crippen LogP contribution >= 0.6 is 34.9 Å². The van der Waals surface area contributed by atoms with E-state index >= 15 is 0 Å². The Bertz CT molecular complexity index is 1630. The molecule has 0 bridgehead atoms. The lowest BCUT2D eigenvalue weighted by Crippen LogP contribution is -2.71. The van der Waals surface area contributed by atoms with Crippen LogP contribution in [0.4, 0.5) is 10.8 Å². The van der Waals surface area contributed by atoms with Crippen molar-refractivity contribution in [2.75, 3.05) is 28.7 Å². The van der Waals surface area contributed by atoms with Gasteiger partial charge in [-0.1, -0.05) is 35.1 Å². The fraction of sp³-hybridized carbons (Fsp3) is 0.240. The first-order valence-electron chi connectivity index (χ1n) is 12.7. The van der Waals surface area contributed by atoms with Crippen molar-refractivity contribution in [1.82, 2.24) is 15.2 Å². The number of carbonyl (C=O) groups is 4. The second-order valence-electron chi connectivity index (χ2n) is 9.27. The number of rotatable bonds is 10. The maximum atomic E-state index is 13.2. The first-order valence-corrected chi connectivity index (χ1v) is 15.6. The predicted molar refractivity (Wildman–Crippen MR) is 165 cm³/mol. The molecule has 19 heteroatoms. The summed E-state index contributed by atoms with van der Waals surface area (Å²) in [4.78, 5) is 65.6. The second-order valence-corrected chi connectivity index (χ2v) is 12.2. The quantitative estimate of drug-likeness (QED) is 0.111. The highest BCUT2D eigenvalue weighted by Crippen LogP contribution is 2.41. The minimum Gasteiger partial charge on any atom is -0.479 e. The van der Waals surface area contributed by atoms with Crippen molar-refractivity contribution in [3.8, 4) is 0 Å². The molecule has 0 aliphatic carbocycles. The summed E-state index contributed by atoms with van der Waals surface area (Å²) < 4.78 is 0. The summed E-state index contributed by atoms with van der Waals surface area (Å²) in [7, 11) is 0. The molecule has 3 atom stereocenters. The Morgan fingerprint density at radius 3 is 2.59 bits per heavy atom. The summed E-state index contributed by atoms with van der Waals surface area (Å²) in [5.74, 6) is -3.49. The zero-order valence-corrected chi connectivity index (χ0v) is 25.0. The van der Waals surface area contributed by atoms with Crippen molar-refractivity contribution in [3.05, 3.63) is 64.6 Å². The number of para-hydroxylation sites is 1. The molecule has 2 unspecified atom stereocenters. The number of nitrogens with zero attached hydrogens (tertiary/aromatic N) is 5. The number of β-lactam (4-membered cyclic amide) rings is 1. The highest BCUT2D eigenvalue weighted by Gasteiger charge is 2.54. The Kier molecular flexibility index (Phi) is 9.09. The number of carbonyl (C=O) groups excluding carboxylic acids is 2. The zero-order chi connectivity index (χ0) is 31.5. The fourth-order valence-electron chi connectivity index (χ4n) is 4.46. The van der Waals surface area contributed by atoms with Gasteiger partial charge in [0.1, 0.15) is 34.8 Å². The number of hydrogen-bond donors (Lipinski definition) is 6. The molecule has 3 aliphatic heterocycles. The van der Waals surface area contributed by atoms with Crippen molar-refractivity contribution in [2.45, 2.75) is 17.6 Å². The normalized spacial score (nSPS) is 21.6. The van der Waals surface area contributed by atoms with Crippen LogP contribution in [0.5, 0.6) is 0 Å². The van der Waals surface area contributed by atoms with Crippen molar-refractivity contribution in [2.24, 2.45) is 21.6 Å². The van der Waals surface area contributed by atoms with Gasteiger partial charge in [0, 0.05) is 22.6 Å². The Morgan fingerprint density at radius 2 is 1.93 bits per heavy atom. The largest absolute Gasteiger partial charge is 0.479 e. The molecule has 0 radical (unpaired) electrons. The third kappa shape index (κ3) is 6.34. The van der Waals surface area contributed by atoms with Crippen LogP contribution in [0.1, 0.15) is 5.69 Å². The second kappa shape index (κ2) is 13.0. The van der Waals surface area contributed by atoms with Gasteiger partial charge in [0.25, 0.3) is 11.8 Å². The van der Waals surface area contributed by atoms with E-state index in [2.05, 4.69) is 20.4 Å². The topological polar surface area (TPSA) is 252 Å². The number of anilines is 2. The van der Waals surface area contributed by atoms with Crippen LogP contribution in [0.25, 0.3) is 0 Å². The maximum Gasteiger partial charge on any atom is 0.352 e. The summed E-state index contributed by atoms with van der Waals surface area (Å²) in [5, 5.41) is 26.4. The van der Waals surface area contributed by atoms with Crippen LogP contribution in [-0.4, -0.2) is 90.4 Å². The van der Waals surface area contributed by atoms with E-state index in [0.717, 1.165) is 21.9 Å². The van der Waals surface area contributed by atoms with Gasteiger partial charge in [-0.05, 0) is 23.8 Å². The summed E-state index contributed by atoms with van der Waals surface area (Å²) in [5.41, 5.74) is 18.6. The number of fused-ring (bicyclic) bond motifs is 1. The lowest BCUT2D eigenvalue weighted by atomic mass is 10.0. The van der Waals surface area contributed by atoms with Crippen LogP contribution in [-0.2, 0) is 24.0 Å². The number of aliphatic carboxylic acids is 2. The maximum absolute atomic E-state index is 13.2. The third-order valence-electron chi connectivity index (χ3n) is 6.34. The van der Waals surface area contributed by atoms with E-state index in [0.29, 0.717) is 10.7 Å². The lowest BCUT2D eigenvalue weighted by Gasteiger charge is -2.49. The summed E-state index contributed by atoms with van der Waals surface area (Å²) in [6.45, 7) is -0.817. The van der Waals surface area contributed by atoms with Crippen LogP contribution in [0, 0.1) is 0 Å². The summed E-state index contributed by atoms with van der Waals surface area (Å²) in [6, 6.07) is 8.20. The van der Waals surface area contributed by atoms with E-state index in [-0.39, 0.29) is 39.6 Å². The summed E-state index contributed by atoms with van der Waals surface area (Å²) >= 11 is 3.53. The van der Waals surface area contributed by atoms with Gasteiger partial charge >= 0.3 is 11.9 Å². The molecule has 1 aromatic carbocycles. The predicted octanol–water partition coefficient (Wildman–Crippen LogP) is -0.0365. The Morgan fingerprint density at radius 1 is 1.18 bits per heavy atom. The van der Waals surface area contributed by atoms with E-state index in [1.165, 1.54) is 28.9 Å². The molecular weight excluding hydrogens is 635 g/mol. The lowest BCUT2D eigenvalue weighted by molar-refractivity contribution is -0.150.